The molecule has 0 fully saturated rings. The van der Waals surface area contributed by atoms with Crippen LogP contribution in [0.25, 0.3) is 0 Å². The maximum absolute atomic E-state index is 2.50. The predicted octanol–water partition coefficient (Wildman–Crippen LogP) is 5.24. The Labute approximate surface area is 117 Å². The maximum atomic E-state index is 2.50. The fourth-order valence-corrected chi connectivity index (χ4v) is 11.3. The first-order valence-corrected chi connectivity index (χ1v) is 10.4. The van der Waals surface area contributed by atoms with Crippen LogP contribution in [0, 0.1) is 0 Å². The Kier molecular flexibility index (Phi) is 4.41. The molecule has 0 saturated heterocycles. The van der Waals surface area contributed by atoms with Gasteiger partial charge in [-0.25, -0.2) is 0 Å². The van der Waals surface area contributed by atoms with Crippen molar-refractivity contribution < 1.29 is 22.9 Å². The van der Waals surface area contributed by atoms with Crippen molar-refractivity contribution in [3.8, 4) is 0 Å². The van der Waals surface area contributed by atoms with E-state index in [4.69, 9.17) is 0 Å². The molecule has 0 aliphatic heterocycles. The Morgan fingerprint density at radius 3 is 1.35 bits per heavy atom. The van der Waals surface area contributed by atoms with Gasteiger partial charge in [0.1, 0.15) is 0 Å². The molecule has 0 spiro atoms. The normalized spacial score (nSPS) is 22.2. The molecule has 0 bridgehead atoms. The molecule has 0 nitrogen and oxygen atoms in total. The standard InChI is InChI=1S/2C8H11.Hf/c2*1-2-5-8-6-3-4-7-8;/h2*3-4,6-7H,2,5H2,1H3;/q;;+2. The van der Waals surface area contributed by atoms with Gasteiger partial charge < -0.3 is 0 Å². The molecule has 17 heavy (non-hydrogen) atoms. The van der Waals surface area contributed by atoms with Gasteiger partial charge in [0.15, 0.2) is 0 Å². The zero-order valence-corrected chi connectivity index (χ0v) is 14.5. The molecule has 2 rings (SSSR count). The van der Waals surface area contributed by atoms with Crippen LogP contribution >= 0.6 is 0 Å². The molecule has 2 aliphatic carbocycles. The van der Waals surface area contributed by atoms with E-state index in [2.05, 4.69) is 62.5 Å². The summed E-state index contributed by atoms with van der Waals surface area (Å²) in [4.78, 5) is 0. The SMILES string of the molecule is CCC[C]1([Hf+2][C]2(CCC)C=CC=C2)C=CC=C1. The Morgan fingerprint density at radius 1 is 0.706 bits per heavy atom. The molecule has 0 radical (unpaired) electrons. The number of hydrogen-bond donors (Lipinski definition) is 0. The summed E-state index contributed by atoms with van der Waals surface area (Å²) in [5.74, 6) is 0. The molecule has 0 aromatic carbocycles. The third-order valence-corrected chi connectivity index (χ3v) is 11.1. The van der Waals surface area contributed by atoms with E-state index >= 15 is 0 Å². The van der Waals surface area contributed by atoms with E-state index in [0.717, 1.165) is 0 Å². The van der Waals surface area contributed by atoms with Crippen LogP contribution < -0.4 is 0 Å². The van der Waals surface area contributed by atoms with E-state index in [1.54, 1.807) is 0 Å². The number of rotatable bonds is 6. The van der Waals surface area contributed by atoms with Crippen molar-refractivity contribution in [3.05, 3.63) is 48.6 Å². The number of hydrogen-bond acceptors (Lipinski definition) is 0. The molecular weight excluding hydrogens is 371 g/mol. The van der Waals surface area contributed by atoms with Crippen LogP contribution in [0.3, 0.4) is 0 Å². The first-order valence-electron chi connectivity index (χ1n) is 6.78. The van der Waals surface area contributed by atoms with Crippen LogP contribution in [-0.4, -0.2) is 0 Å². The Morgan fingerprint density at radius 2 is 1.06 bits per heavy atom. The van der Waals surface area contributed by atoms with E-state index in [0.29, 0.717) is 6.34 Å². The van der Waals surface area contributed by atoms with E-state index in [1.165, 1.54) is 25.7 Å². The van der Waals surface area contributed by atoms with Crippen molar-refractivity contribution in [1.82, 2.24) is 0 Å². The van der Waals surface area contributed by atoms with Gasteiger partial charge in [0.2, 0.25) is 0 Å². The fourth-order valence-electron chi connectivity index (χ4n) is 2.91. The molecule has 0 N–H and O–H groups in total. The van der Waals surface area contributed by atoms with Gasteiger partial charge in [-0.2, -0.15) is 0 Å². The van der Waals surface area contributed by atoms with E-state index in [1.807, 2.05) is 0 Å². The average molecular weight is 393 g/mol. The van der Waals surface area contributed by atoms with Crippen molar-refractivity contribution in [3.63, 3.8) is 0 Å². The molecule has 0 amide bonds. The fraction of sp³-hybridized carbons (Fsp3) is 0.500. The van der Waals surface area contributed by atoms with Crippen LogP contribution in [0.4, 0.5) is 0 Å². The van der Waals surface area contributed by atoms with E-state index in [-0.39, 0.29) is 0 Å². The first kappa shape index (κ1) is 13.3. The predicted molar refractivity (Wildman–Crippen MR) is 71.8 cm³/mol. The Balaban J connectivity index is 2.17. The van der Waals surface area contributed by atoms with E-state index in [9.17, 15) is 0 Å². The molecule has 1 heteroatoms. The quantitative estimate of drug-likeness (QED) is 0.542. The Hall–Kier alpha value is -0.170. The third-order valence-electron chi connectivity index (χ3n) is 3.59. The molecule has 0 aromatic heterocycles. The van der Waals surface area contributed by atoms with Crippen LogP contribution in [0.1, 0.15) is 39.5 Å². The van der Waals surface area contributed by atoms with Gasteiger partial charge in [-0.1, -0.05) is 0 Å². The minimum absolute atomic E-state index is 0.503. The van der Waals surface area contributed by atoms with Crippen molar-refractivity contribution in [2.45, 2.75) is 45.9 Å². The molecule has 2 aliphatic rings. The summed E-state index contributed by atoms with van der Waals surface area (Å²) in [6, 6.07) is 0. The zero-order chi connectivity index (χ0) is 12.2. The summed E-state index contributed by atoms with van der Waals surface area (Å²) in [5, 5.41) is 0. The monoisotopic (exact) mass is 394 g/mol. The van der Waals surface area contributed by atoms with Gasteiger partial charge in [-0.05, 0) is 0 Å². The second-order valence-electron chi connectivity index (χ2n) is 5.14. The van der Waals surface area contributed by atoms with Crippen molar-refractivity contribution >= 4 is 0 Å². The molecule has 0 saturated carbocycles. The average Bonchev–Trinajstić information content (AvgIpc) is 2.91. The molecule has 0 unspecified atom stereocenters. The summed E-state index contributed by atoms with van der Waals surface area (Å²) < 4.78 is 1.01. The molecule has 88 valence electrons. The summed E-state index contributed by atoms with van der Waals surface area (Å²) in [6.45, 7) is 4.63. The second kappa shape index (κ2) is 5.65. The van der Waals surface area contributed by atoms with Gasteiger partial charge in [-0.3, -0.25) is 0 Å². The van der Waals surface area contributed by atoms with Crippen molar-refractivity contribution in [1.29, 1.82) is 0 Å². The van der Waals surface area contributed by atoms with Crippen LogP contribution in [0.5, 0.6) is 0 Å². The van der Waals surface area contributed by atoms with E-state index < -0.39 is 22.9 Å². The van der Waals surface area contributed by atoms with Crippen molar-refractivity contribution in [2.24, 2.45) is 0 Å². The summed E-state index contributed by atoms with van der Waals surface area (Å²) in [6.07, 6.45) is 24.4. The molecule has 0 aromatic rings. The van der Waals surface area contributed by atoms with Crippen molar-refractivity contribution in [2.75, 3.05) is 0 Å². The van der Waals surface area contributed by atoms with Gasteiger partial charge in [0.25, 0.3) is 0 Å². The third kappa shape index (κ3) is 2.99. The van der Waals surface area contributed by atoms with Gasteiger partial charge in [-0.15, -0.1) is 0 Å². The zero-order valence-electron chi connectivity index (χ0n) is 10.9. The van der Waals surface area contributed by atoms with Gasteiger partial charge in [0, 0.05) is 0 Å². The topological polar surface area (TPSA) is 0 Å². The van der Waals surface area contributed by atoms with Crippen LogP contribution in [0.15, 0.2) is 48.6 Å². The second-order valence-corrected chi connectivity index (χ2v) is 12.7. The van der Waals surface area contributed by atoms with Gasteiger partial charge >= 0.3 is 117 Å². The number of allylic oxidation sites excluding steroid dienone is 8. The molecular formula is C16H22Hf+2. The summed E-state index contributed by atoms with van der Waals surface area (Å²) in [7, 11) is 0. The first-order chi connectivity index (χ1) is 8.24. The van der Waals surface area contributed by atoms with Gasteiger partial charge in [0.05, 0.1) is 0 Å². The van der Waals surface area contributed by atoms with Crippen LogP contribution in [-0.2, 0) is 22.9 Å². The summed E-state index contributed by atoms with van der Waals surface area (Å²) in [5.41, 5.74) is 0. The molecule has 0 atom stereocenters. The Bertz CT molecular complexity index is 311. The van der Waals surface area contributed by atoms with Crippen LogP contribution in [0.2, 0.25) is 6.34 Å². The molecule has 0 heterocycles. The minimum atomic E-state index is -0.801. The summed E-state index contributed by atoms with van der Waals surface area (Å²) >= 11 is -0.801.